The van der Waals surface area contributed by atoms with Gasteiger partial charge in [0, 0.05) is 12.0 Å². The first-order valence-electron chi connectivity index (χ1n) is 7.53. The number of nitrogens with zero attached hydrogens (tertiary/aromatic N) is 2. The fourth-order valence-electron chi connectivity index (χ4n) is 3.13. The van der Waals surface area contributed by atoms with Crippen molar-refractivity contribution in [1.29, 1.82) is 0 Å². The largest absolute Gasteiger partial charge is 0.508 e. The number of hydrogen-bond donors (Lipinski definition) is 2. The minimum Gasteiger partial charge on any atom is -0.508 e. The van der Waals surface area contributed by atoms with Crippen molar-refractivity contribution in [2.24, 2.45) is 11.1 Å². The lowest BCUT2D eigenvalue weighted by molar-refractivity contribution is 0.177. The lowest BCUT2D eigenvalue weighted by atomic mass is 9.72. The summed E-state index contributed by atoms with van der Waals surface area (Å²) in [5.41, 5.74) is 6.97. The van der Waals surface area contributed by atoms with Crippen LogP contribution in [0.15, 0.2) is 28.8 Å². The van der Waals surface area contributed by atoms with Gasteiger partial charge in [0.15, 0.2) is 0 Å². The van der Waals surface area contributed by atoms with Crippen LogP contribution in [0.25, 0.3) is 11.4 Å². The lowest BCUT2D eigenvalue weighted by Gasteiger charge is -2.34. The van der Waals surface area contributed by atoms with Gasteiger partial charge in [0.25, 0.3) is 0 Å². The van der Waals surface area contributed by atoms with Crippen molar-refractivity contribution < 1.29 is 9.63 Å². The van der Waals surface area contributed by atoms with Crippen LogP contribution in [0.1, 0.15) is 38.0 Å². The molecule has 1 aliphatic rings. The molecule has 0 spiro atoms. The van der Waals surface area contributed by atoms with E-state index >= 15 is 0 Å². The molecule has 2 aromatic rings. The van der Waals surface area contributed by atoms with Crippen molar-refractivity contribution in [1.82, 2.24) is 10.1 Å². The molecule has 1 aliphatic carbocycles. The summed E-state index contributed by atoms with van der Waals surface area (Å²) in [4.78, 5) is 4.48. The van der Waals surface area contributed by atoms with Crippen LogP contribution in [0.3, 0.4) is 0 Å². The first kappa shape index (κ1) is 14.1. The molecule has 1 aromatic heterocycles. The Morgan fingerprint density at radius 1 is 1.14 bits per heavy atom. The number of benzene rings is 1. The van der Waals surface area contributed by atoms with E-state index in [2.05, 4.69) is 10.1 Å². The molecule has 0 bridgehead atoms. The van der Waals surface area contributed by atoms with Crippen LogP contribution >= 0.6 is 0 Å². The zero-order valence-corrected chi connectivity index (χ0v) is 12.1. The Morgan fingerprint density at radius 3 is 2.52 bits per heavy atom. The Kier molecular flexibility index (Phi) is 3.92. The molecule has 1 saturated carbocycles. The molecule has 1 fully saturated rings. The summed E-state index contributed by atoms with van der Waals surface area (Å²) in [5, 5.41) is 13.4. The summed E-state index contributed by atoms with van der Waals surface area (Å²) in [7, 11) is 0. The van der Waals surface area contributed by atoms with E-state index in [9.17, 15) is 5.11 Å². The van der Waals surface area contributed by atoms with E-state index in [-0.39, 0.29) is 11.2 Å². The number of nitrogens with two attached hydrogens (primary N) is 1. The fourth-order valence-corrected chi connectivity index (χ4v) is 3.13. The molecule has 3 rings (SSSR count). The number of rotatable bonds is 4. The maximum atomic E-state index is 9.31. The van der Waals surface area contributed by atoms with Crippen molar-refractivity contribution in [2.45, 2.75) is 38.5 Å². The molecule has 5 nitrogen and oxygen atoms in total. The van der Waals surface area contributed by atoms with Gasteiger partial charge in [-0.15, -0.1) is 0 Å². The Morgan fingerprint density at radius 2 is 1.86 bits per heavy atom. The predicted molar refractivity (Wildman–Crippen MR) is 79.7 cm³/mol. The molecular formula is C16H21N3O2. The van der Waals surface area contributed by atoms with Gasteiger partial charge in [-0.3, -0.25) is 0 Å². The highest BCUT2D eigenvalue weighted by Crippen LogP contribution is 2.38. The molecule has 5 heteroatoms. The van der Waals surface area contributed by atoms with Crippen molar-refractivity contribution in [3.05, 3.63) is 30.2 Å². The van der Waals surface area contributed by atoms with Crippen LogP contribution in [-0.2, 0) is 6.42 Å². The van der Waals surface area contributed by atoms with Gasteiger partial charge in [0.05, 0.1) is 0 Å². The Hall–Kier alpha value is -1.88. The quantitative estimate of drug-likeness (QED) is 0.903. The number of aromatic hydroxyl groups is 1. The van der Waals surface area contributed by atoms with Crippen LogP contribution in [0.2, 0.25) is 0 Å². The molecule has 0 aliphatic heterocycles. The summed E-state index contributed by atoms with van der Waals surface area (Å²) in [5.74, 6) is 1.45. The van der Waals surface area contributed by atoms with E-state index in [4.69, 9.17) is 10.3 Å². The van der Waals surface area contributed by atoms with Gasteiger partial charge < -0.3 is 15.4 Å². The summed E-state index contributed by atoms with van der Waals surface area (Å²) in [6.07, 6.45) is 6.80. The fraction of sp³-hybridized carbons (Fsp3) is 0.500. The number of hydrogen-bond acceptors (Lipinski definition) is 5. The summed E-state index contributed by atoms with van der Waals surface area (Å²) < 4.78 is 5.40. The van der Waals surface area contributed by atoms with Crippen molar-refractivity contribution in [3.8, 4) is 17.1 Å². The third-order valence-electron chi connectivity index (χ3n) is 4.47. The second kappa shape index (κ2) is 5.85. The first-order valence-corrected chi connectivity index (χ1v) is 7.53. The molecule has 112 valence electrons. The Balaban J connectivity index is 1.76. The van der Waals surface area contributed by atoms with Crippen LogP contribution in [0, 0.1) is 5.41 Å². The zero-order chi connectivity index (χ0) is 14.7. The van der Waals surface area contributed by atoms with E-state index < -0.39 is 0 Å². The van der Waals surface area contributed by atoms with Crippen molar-refractivity contribution >= 4 is 0 Å². The van der Waals surface area contributed by atoms with Crippen molar-refractivity contribution in [3.63, 3.8) is 0 Å². The first-order chi connectivity index (χ1) is 10.2. The van der Waals surface area contributed by atoms with Crippen LogP contribution in [-0.4, -0.2) is 21.8 Å². The molecule has 1 heterocycles. The predicted octanol–water partition coefficient (Wildman–Crippen LogP) is 2.89. The van der Waals surface area contributed by atoms with Gasteiger partial charge in [0.2, 0.25) is 11.7 Å². The maximum Gasteiger partial charge on any atom is 0.227 e. The third-order valence-corrected chi connectivity index (χ3v) is 4.47. The Bertz CT molecular complexity index is 586. The average Bonchev–Trinajstić information content (AvgIpc) is 2.97. The highest BCUT2D eigenvalue weighted by molar-refractivity contribution is 5.55. The minimum absolute atomic E-state index is 0.122. The minimum atomic E-state index is 0.122. The van der Waals surface area contributed by atoms with E-state index in [0.29, 0.717) is 18.3 Å². The highest BCUT2D eigenvalue weighted by Gasteiger charge is 2.32. The van der Waals surface area contributed by atoms with Gasteiger partial charge in [-0.1, -0.05) is 24.4 Å². The normalized spacial score (nSPS) is 17.8. The third kappa shape index (κ3) is 3.08. The van der Waals surface area contributed by atoms with Crippen LogP contribution in [0.4, 0.5) is 0 Å². The summed E-state index contributed by atoms with van der Waals surface area (Å²) >= 11 is 0. The average molecular weight is 287 g/mol. The lowest BCUT2D eigenvalue weighted by Crippen LogP contribution is -2.35. The van der Waals surface area contributed by atoms with Gasteiger partial charge in [-0.25, -0.2) is 0 Å². The topological polar surface area (TPSA) is 85.2 Å². The van der Waals surface area contributed by atoms with E-state index in [1.807, 2.05) is 0 Å². The monoisotopic (exact) mass is 287 g/mol. The molecule has 0 amide bonds. The van der Waals surface area contributed by atoms with E-state index in [0.717, 1.165) is 24.8 Å². The van der Waals surface area contributed by atoms with E-state index in [1.165, 1.54) is 19.3 Å². The molecule has 21 heavy (non-hydrogen) atoms. The van der Waals surface area contributed by atoms with Crippen molar-refractivity contribution in [2.75, 3.05) is 6.54 Å². The number of phenols is 1. The smallest absolute Gasteiger partial charge is 0.227 e. The van der Waals surface area contributed by atoms with Crippen LogP contribution < -0.4 is 5.73 Å². The molecule has 0 atom stereocenters. The van der Waals surface area contributed by atoms with Gasteiger partial charge >= 0.3 is 0 Å². The molecule has 0 saturated heterocycles. The van der Waals surface area contributed by atoms with Gasteiger partial charge in [-0.2, -0.15) is 4.98 Å². The number of aromatic nitrogens is 2. The van der Waals surface area contributed by atoms with Gasteiger partial charge in [-0.05, 0) is 49.1 Å². The molecule has 0 radical (unpaired) electrons. The highest BCUT2D eigenvalue weighted by atomic mass is 16.5. The Labute approximate surface area is 124 Å². The number of phenolic OH excluding ortho intramolecular Hbond substituents is 1. The van der Waals surface area contributed by atoms with E-state index in [1.54, 1.807) is 24.3 Å². The zero-order valence-electron chi connectivity index (χ0n) is 12.1. The molecule has 0 unspecified atom stereocenters. The standard InChI is InChI=1S/C16H21N3O2/c17-11-16(8-2-1-3-9-16)10-14-18-15(19-21-14)12-4-6-13(20)7-5-12/h4-7,20H,1-3,8-11,17H2. The summed E-state index contributed by atoms with van der Waals surface area (Å²) in [6, 6.07) is 6.80. The molecular weight excluding hydrogens is 266 g/mol. The molecule has 1 aromatic carbocycles. The SMILES string of the molecule is NCC1(Cc2nc(-c3ccc(O)cc3)no2)CCCCC1. The van der Waals surface area contributed by atoms with Gasteiger partial charge in [0.1, 0.15) is 5.75 Å². The second-order valence-electron chi connectivity index (χ2n) is 6.00. The molecule has 3 N–H and O–H groups in total. The second-order valence-corrected chi connectivity index (χ2v) is 6.00. The van der Waals surface area contributed by atoms with Crippen LogP contribution in [0.5, 0.6) is 5.75 Å². The summed E-state index contributed by atoms with van der Waals surface area (Å²) in [6.45, 7) is 0.671. The maximum absolute atomic E-state index is 9.31.